The van der Waals surface area contributed by atoms with Crippen LogP contribution in [0, 0.1) is 23.7 Å². The first-order valence-electron chi connectivity index (χ1n) is 5.72. The lowest BCUT2D eigenvalue weighted by molar-refractivity contribution is -0.120. The molecule has 0 aliphatic heterocycles. The summed E-state index contributed by atoms with van der Waals surface area (Å²) in [5, 5.41) is 0. The van der Waals surface area contributed by atoms with Crippen molar-refractivity contribution in [1.82, 2.24) is 0 Å². The highest BCUT2D eigenvalue weighted by Gasteiger charge is 2.27. The largest absolute Gasteiger partial charge is 0.337 e. The molecule has 5 heteroatoms. The number of carbonyl (C=O) groups is 1. The monoisotopic (exact) mass is 258 g/mol. The molecule has 0 bridgehead atoms. The summed E-state index contributed by atoms with van der Waals surface area (Å²) in [5.41, 5.74) is 0. The maximum Gasteiger partial charge on any atom is 0.337 e. The van der Waals surface area contributed by atoms with Crippen LogP contribution in [0.25, 0.3) is 0 Å². The molecule has 1 saturated carbocycles. The predicted octanol–water partition coefficient (Wildman–Crippen LogP) is 2.48. The third kappa shape index (κ3) is 5.04. The molecule has 17 heavy (non-hydrogen) atoms. The van der Waals surface area contributed by atoms with Crippen molar-refractivity contribution < 1.29 is 18.4 Å². The first-order chi connectivity index (χ1) is 8.00. The molecule has 1 fully saturated rings. The molecule has 0 aromatic heterocycles. The number of hydrogen-bond donors (Lipinski definition) is 0. The molecule has 1 aliphatic carbocycles. The van der Waals surface area contributed by atoms with E-state index in [0.29, 0.717) is 12.3 Å². The lowest BCUT2D eigenvalue weighted by Gasteiger charge is -2.14. The molecule has 0 N–H and O–H groups in total. The predicted molar refractivity (Wildman–Crippen MR) is 65.8 cm³/mol. The third-order valence-electron chi connectivity index (χ3n) is 2.75. The quantitative estimate of drug-likeness (QED) is 0.542. The number of carbonyl (C=O) groups excluding carboxylic acids is 1. The van der Waals surface area contributed by atoms with Crippen LogP contribution in [-0.2, 0) is 18.4 Å². The highest BCUT2D eigenvalue weighted by molar-refractivity contribution is 7.54. The molecule has 1 rings (SSSR count). The van der Waals surface area contributed by atoms with Crippen LogP contribution < -0.4 is 0 Å². The maximum atomic E-state index is 11.8. The van der Waals surface area contributed by atoms with Crippen LogP contribution in [0.4, 0.5) is 0 Å². The number of Topliss-reactive ketones (excluding diaryl/α,β-unsaturated/α-hetero) is 1. The van der Waals surface area contributed by atoms with Gasteiger partial charge in [-0.15, -0.1) is 5.92 Å². The van der Waals surface area contributed by atoms with Crippen molar-refractivity contribution in [3.05, 3.63) is 0 Å². The van der Waals surface area contributed by atoms with E-state index in [1.165, 1.54) is 27.1 Å². The van der Waals surface area contributed by atoms with Gasteiger partial charge in [-0.3, -0.25) is 9.36 Å². The zero-order valence-electron chi connectivity index (χ0n) is 10.6. The molecule has 0 amide bonds. The van der Waals surface area contributed by atoms with E-state index < -0.39 is 7.60 Å². The molecule has 4 nitrogen and oxygen atoms in total. The second-order valence-corrected chi connectivity index (χ2v) is 6.57. The van der Waals surface area contributed by atoms with E-state index in [9.17, 15) is 9.36 Å². The fraction of sp³-hybridized carbons (Fsp3) is 0.750. The molecule has 96 valence electrons. The second kappa shape index (κ2) is 6.35. The maximum absolute atomic E-state index is 11.8. The Balaban J connectivity index is 2.40. The Bertz CT molecular complexity index is 368. The fourth-order valence-electron chi connectivity index (χ4n) is 1.25. The molecular formula is C12H19O4P. The van der Waals surface area contributed by atoms with E-state index in [-0.39, 0.29) is 17.9 Å². The van der Waals surface area contributed by atoms with Gasteiger partial charge in [0, 0.05) is 32.5 Å². The van der Waals surface area contributed by atoms with E-state index in [1.807, 2.05) is 0 Å². The zero-order valence-corrected chi connectivity index (χ0v) is 11.5. The summed E-state index contributed by atoms with van der Waals surface area (Å²) >= 11 is 0. The molecule has 0 heterocycles. The topological polar surface area (TPSA) is 52.6 Å². The summed E-state index contributed by atoms with van der Waals surface area (Å²) in [6.07, 6.45) is 2.70. The van der Waals surface area contributed by atoms with Gasteiger partial charge < -0.3 is 9.05 Å². The normalized spacial score (nSPS) is 17.1. The van der Waals surface area contributed by atoms with Crippen molar-refractivity contribution in [2.75, 3.05) is 20.4 Å². The van der Waals surface area contributed by atoms with E-state index in [0.717, 1.165) is 0 Å². The summed E-state index contributed by atoms with van der Waals surface area (Å²) < 4.78 is 21.2. The standard InChI is InChI=1S/C12H19O4P/c1-10(5-4-6-11-7-8-11)12(13)9-17(14,15-2)16-3/h10-11H,5,7-9H2,1-3H3/t10-/m0/s1. The molecule has 0 aromatic rings. The van der Waals surface area contributed by atoms with Crippen molar-refractivity contribution in [2.45, 2.75) is 26.2 Å². The van der Waals surface area contributed by atoms with Crippen LogP contribution in [0.3, 0.4) is 0 Å². The fourth-order valence-corrected chi connectivity index (χ4v) is 2.35. The second-order valence-electron chi connectivity index (χ2n) is 4.30. The Morgan fingerprint density at radius 3 is 2.47 bits per heavy atom. The Kier molecular flexibility index (Phi) is 5.39. The summed E-state index contributed by atoms with van der Waals surface area (Å²) in [6, 6.07) is 0. The van der Waals surface area contributed by atoms with E-state index >= 15 is 0 Å². The Hall–Kier alpha value is -0.620. The molecule has 1 aliphatic rings. The summed E-state index contributed by atoms with van der Waals surface area (Å²) in [5.74, 6) is 6.30. The number of hydrogen-bond acceptors (Lipinski definition) is 4. The van der Waals surface area contributed by atoms with Gasteiger partial charge in [-0.1, -0.05) is 12.8 Å². The highest BCUT2D eigenvalue weighted by atomic mass is 31.2. The van der Waals surface area contributed by atoms with Crippen LogP contribution in [0.2, 0.25) is 0 Å². The molecular weight excluding hydrogens is 239 g/mol. The molecule has 0 radical (unpaired) electrons. The lowest BCUT2D eigenvalue weighted by Crippen LogP contribution is -2.16. The van der Waals surface area contributed by atoms with Gasteiger partial charge in [-0.05, 0) is 12.8 Å². The first kappa shape index (κ1) is 14.4. The van der Waals surface area contributed by atoms with Crippen molar-refractivity contribution in [3.63, 3.8) is 0 Å². The van der Waals surface area contributed by atoms with Crippen LogP contribution in [0.15, 0.2) is 0 Å². The highest BCUT2D eigenvalue weighted by Crippen LogP contribution is 2.46. The van der Waals surface area contributed by atoms with Gasteiger partial charge in [-0.25, -0.2) is 0 Å². The molecule has 0 spiro atoms. The Labute approximate surface area is 103 Å². The number of ketones is 1. The average Bonchev–Trinajstić information content (AvgIpc) is 3.12. The molecule has 0 unspecified atom stereocenters. The molecule has 1 atom stereocenters. The van der Waals surface area contributed by atoms with Gasteiger partial charge in [0.25, 0.3) is 0 Å². The summed E-state index contributed by atoms with van der Waals surface area (Å²) in [4.78, 5) is 11.8. The minimum Gasteiger partial charge on any atom is -0.312 e. The smallest absolute Gasteiger partial charge is 0.312 e. The summed E-state index contributed by atoms with van der Waals surface area (Å²) in [7, 11) is -0.654. The SMILES string of the molecule is COP(=O)(CC(=O)[C@@H](C)CC#CC1CC1)OC. The van der Waals surface area contributed by atoms with Crippen molar-refractivity contribution in [3.8, 4) is 11.8 Å². The van der Waals surface area contributed by atoms with Gasteiger partial charge in [0.1, 0.15) is 11.9 Å². The lowest BCUT2D eigenvalue weighted by atomic mass is 10.0. The van der Waals surface area contributed by atoms with Gasteiger partial charge >= 0.3 is 7.60 Å². The van der Waals surface area contributed by atoms with E-state index in [4.69, 9.17) is 9.05 Å². The van der Waals surface area contributed by atoms with Crippen molar-refractivity contribution >= 4 is 13.4 Å². The van der Waals surface area contributed by atoms with Crippen LogP contribution in [0.1, 0.15) is 26.2 Å². The van der Waals surface area contributed by atoms with Gasteiger partial charge in [-0.2, -0.15) is 0 Å². The van der Waals surface area contributed by atoms with Gasteiger partial charge in [0.2, 0.25) is 0 Å². The average molecular weight is 258 g/mol. The molecule has 0 saturated heterocycles. The van der Waals surface area contributed by atoms with Gasteiger partial charge in [0.15, 0.2) is 0 Å². The Morgan fingerprint density at radius 1 is 1.41 bits per heavy atom. The minimum atomic E-state index is -3.23. The van der Waals surface area contributed by atoms with Crippen LogP contribution in [-0.4, -0.2) is 26.2 Å². The Morgan fingerprint density at radius 2 is 2.00 bits per heavy atom. The molecule has 0 aromatic carbocycles. The van der Waals surface area contributed by atoms with Crippen LogP contribution >= 0.6 is 7.60 Å². The summed E-state index contributed by atoms with van der Waals surface area (Å²) in [6.45, 7) is 1.79. The number of rotatable bonds is 6. The van der Waals surface area contributed by atoms with Crippen molar-refractivity contribution in [1.29, 1.82) is 0 Å². The van der Waals surface area contributed by atoms with E-state index in [2.05, 4.69) is 11.8 Å². The van der Waals surface area contributed by atoms with Crippen molar-refractivity contribution in [2.24, 2.45) is 11.8 Å². The van der Waals surface area contributed by atoms with E-state index in [1.54, 1.807) is 6.92 Å². The third-order valence-corrected chi connectivity index (χ3v) is 4.56. The van der Waals surface area contributed by atoms with Gasteiger partial charge in [0.05, 0.1) is 0 Å². The zero-order chi connectivity index (χ0) is 12.9. The minimum absolute atomic E-state index is 0.123. The van der Waals surface area contributed by atoms with Crippen LogP contribution in [0.5, 0.6) is 0 Å². The first-order valence-corrected chi connectivity index (χ1v) is 7.45.